The first-order chi connectivity index (χ1) is 13.1. The van der Waals surface area contributed by atoms with E-state index in [0.717, 1.165) is 22.8 Å². The second-order valence-electron chi connectivity index (χ2n) is 7.12. The van der Waals surface area contributed by atoms with Crippen LogP contribution >= 0.6 is 11.8 Å². The fourth-order valence-electron chi connectivity index (χ4n) is 3.76. The Morgan fingerprint density at radius 2 is 1.81 bits per heavy atom. The van der Waals surface area contributed by atoms with Gasteiger partial charge >= 0.3 is 0 Å². The lowest BCUT2D eigenvalue weighted by Gasteiger charge is -2.19. The number of aryl methyl sites for hydroxylation is 2. The minimum Gasteiger partial charge on any atom is -0.497 e. The zero-order valence-corrected chi connectivity index (χ0v) is 16.4. The van der Waals surface area contributed by atoms with E-state index in [1.54, 1.807) is 7.11 Å². The molecule has 0 saturated carbocycles. The summed E-state index contributed by atoms with van der Waals surface area (Å²) in [4.78, 5) is 1.24. The number of hydrogen-bond donors (Lipinski definition) is 0. The van der Waals surface area contributed by atoms with Crippen LogP contribution in [0.2, 0.25) is 0 Å². The molecule has 3 heteroatoms. The molecule has 0 spiro atoms. The molecule has 0 aromatic heterocycles. The molecular weight excluding hydrogens is 352 g/mol. The molecule has 27 heavy (non-hydrogen) atoms. The van der Waals surface area contributed by atoms with Crippen molar-refractivity contribution in [2.75, 3.05) is 7.11 Å². The van der Waals surface area contributed by atoms with Crippen LogP contribution in [0.25, 0.3) is 12.2 Å². The summed E-state index contributed by atoms with van der Waals surface area (Å²) in [7, 11) is 1.70. The first-order valence-electron chi connectivity index (χ1n) is 9.09. The van der Waals surface area contributed by atoms with Gasteiger partial charge < -0.3 is 9.47 Å². The first-order valence-corrected chi connectivity index (χ1v) is 9.96. The highest BCUT2D eigenvalue weighted by molar-refractivity contribution is 8.00. The quantitative estimate of drug-likeness (QED) is 0.500. The predicted octanol–water partition coefficient (Wildman–Crippen LogP) is 4.87. The number of hydrogen-bond acceptors (Lipinski definition) is 3. The highest BCUT2D eigenvalue weighted by Gasteiger charge is 2.25. The highest BCUT2D eigenvalue weighted by atomic mass is 32.2. The molecule has 0 bridgehead atoms. The van der Waals surface area contributed by atoms with Crippen molar-refractivity contribution < 1.29 is 9.47 Å². The van der Waals surface area contributed by atoms with Crippen LogP contribution in [-0.2, 0) is 0 Å². The van der Waals surface area contributed by atoms with Crippen LogP contribution in [-0.4, -0.2) is 7.11 Å². The second kappa shape index (κ2) is 6.21. The van der Waals surface area contributed by atoms with Gasteiger partial charge in [0.25, 0.3) is 0 Å². The van der Waals surface area contributed by atoms with E-state index in [4.69, 9.17) is 9.47 Å². The Labute approximate surface area is 163 Å². The molecule has 2 nitrogen and oxygen atoms in total. The Morgan fingerprint density at radius 1 is 1.00 bits per heavy atom. The summed E-state index contributed by atoms with van der Waals surface area (Å²) < 4.78 is 11.7. The van der Waals surface area contributed by atoms with E-state index in [9.17, 15) is 0 Å². The molecule has 2 aliphatic heterocycles. The standard InChI is InChI=1S/C24H20O2S/c1-14-4-9-21-17(10-14)12-20-15(2)11-18-13-22(27-24(18)23(20)26-21)16-5-7-19(25-3)8-6-16/h4-13,22H,1-3H3. The second-order valence-corrected chi connectivity index (χ2v) is 8.27. The van der Waals surface area contributed by atoms with Crippen molar-refractivity contribution in [3.05, 3.63) is 81.2 Å². The summed E-state index contributed by atoms with van der Waals surface area (Å²) >= 11 is 1.86. The molecule has 1 atom stereocenters. The average molecular weight is 372 g/mol. The molecule has 0 N–H and O–H groups in total. The number of benzene rings is 3. The van der Waals surface area contributed by atoms with Gasteiger partial charge in [-0.2, -0.15) is 0 Å². The van der Waals surface area contributed by atoms with Gasteiger partial charge in [-0.1, -0.05) is 35.9 Å². The molecular formula is C24H20O2S. The van der Waals surface area contributed by atoms with Gasteiger partial charge in [0, 0.05) is 10.8 Å². The van der Waals surface area contributed by atoms with E-state index < -0.39 is 0 Å². The largest absolute Gasteiger partial charge is 0.497 e. The summed E-state index contributed by atoms with van der Waals surface area (Å²) in [6, 6.07) is 17.0. The third kappa shape index (κ3) is 2.74. The molecule has 0 radical (unpaired) electrons. The lowest BCUT2D eigenvalue weighted by molar-refractivity contribution is 0.414. The normalized spacial score (nSPS) is 16.3. The van der Waals surface area contributed by atoms with Crippen molar-refractivity contribution in [3.63, 3.8) is 0 Å². The van der Waals surface area contributed by atoms with E-state index in [-0.39, 0.29) is 0 Å². The van der Waals surface area contributed by atoms with Crippen LogP contribution in [0.5, 0.6) is 17.2 Å². The zero-order chi connectivity index (χ0) is 18.5. The van der Waals surface area contributed by atoms with Crippen molar-refractivity contribution >= 4 is 23.9 Å². The molecule has 0 saturated heterocycles. The summed E-state index contributed by atoms with van der Waals surface area (Å²) in [5, 5.41) is 2.75. The van der Waals surface area contributed by atoms with Crippen LogP contribution in [0.15, 0.2) is 53.4 Å². The maximum atomic E-state index is 6.38. The minimum absolute atomic E-state index is 0.292. The van der Waals surface area contributed by atoms with Gasteiger partial charge in [0.05, 0.1) is 17.3 Å². The van der Waals surface area contributed by atoms with Gasteiger partial charge in [-0.25, -0.2) is 0 Å². The number of fused-ring (bicyclic) bond motifs is 4. The maximum absolute atomic E-state index is 6.38. The highest BCUT2D eigenvalue weighted by Crippen LogP contribution is 2.44. The molecule has 3 aromatic carbocycles. The van der Waals surface area contributed by atoms with Crippen molar-refractivity contribution in [1.82, 2.24) is 0 Å². The number of thioether (sulfide) groups is 1. The molecule has 3 aromatic rings. The Morgan fingerprint density at radius 3 is 2.59 bits per heavy atom. The van der Waals surface area contributed by atoms with Gasteiger partial charge in [0.15, 0.2) is 0 Å². The van der Waals surface area contributed by atoms with Crippen LogP contribution in [0.4, 0.5) is 0 Å². The number of methoxy groups -OCH3 is 1. The van der Waals surface area contributed by atoms with Gasteiger partial charge in [0.1, 0.15) is 17.2 Å². The van der Waals surface area contributed by atoms with Crippen molar-refractivity contribution in [3.8, 4) is 17.2 Å². The molecule has 2 heterocycles. The fraction of sp³-hybridized carbons (Fsp3) is 0.167. The van der Waals surface area contributed by atoms with Crippen molar-refractivity contribution in [2.45, 2.75) is 24.0 Å². The Balaban J connectivity index is 1.60. The van der Waals surface area contributed by atoms with Gasteiger partial charge in [-0.15, -0.1) is 11.8 Å². The predicted molar refractivity (Wildman–Crippen MR) is 111 cm³/mol. The lowest BCUT2D eigenvalue weighted by Crippen LogP contribution is -2.20. The van der Waals surface area contributed by atoms with Crippen LogP contribution in [0, 0.1) is 13.8 Å². The molecule has 2 aliphatic rings. The molecule has 134 valence electrons. The monoisotopic (exact) mass is 372 g/mol. The molecule has 0 amide bonds. The minimum atomic E-state index is 0.292. The lowest BCUT2D eigenvalue weighted by atomic mass is 10.0. The third-order valence-corrected chi connectivity index (χ3v) is 6.53. The summed E-state index contributed by atoms with van der Waals surface area (Å²) in [5.74, 6) is 2.82. The fourth-order valence-corrected chi connectivity index (χ4v) is 5.04. The Kier molecular flexibility index (Phi) is 3.80. The van der Waals surface area contributed by atoms with E-state index in [0.29, 0.717) is 5.25 Å². The van der Waals surface area contributed by atoms with Crippen LogP contribution < -0.4 is 19.9 Å². The summed E-state index contributed by atoms with van der Waals surface area (Å²) in [5.41, 5.74) is 4.93. The van der Waals surface area contributed by atoms with Crippen LogP contribution in [0.1, 0.15) is 27.5 Å². The number of rotatable bonds is 2. The van der Waals surface area contributed by atoms with E-state index in [1.165, 1.54) is 32.0 Å². The van der Waals surface area contributed by atoms with Gasteiger partial charge in [0.2, 0.25) is 0 Å². The molecule has 1 unspecified atom stereocenters. The SMILES string of the molecule is COc1ccc(C2C=c3cc(C)c4c(c3S2)Oc2ccc(C)cc2C=4)cc1. The topological polar surface area (TPSA) is 18.5 Å². The summed E-state index contributed by atoms with van der Waals surface area (Å²) in [6.07, 6.45) is 4.60. The van der Waals surface area contributed by atoms with Crippen LogP contribution in [0.3, 0.4) is 0 Å². The van der Waals surface area contributed by atoms with Crippen molar-refractivity contribution in [1.29, 1.82) is 0 Å². The maximum Gasteiger partial charge on any atom is 0.149 e. The Hall–Kier alpha value is -2.65. The number of ether oxygens (including phenoxy) is 2. The molecule has 0 fully saturated rings. The first kappa shape index (κ1) is 16.5. The average Bonchev–Trinajstić information content (AvgIpc) is 3.11. The van der Waals surface area contributed by atoms with E-state index >= 15 is 0 Å². The van der Waals surface area contributed by atoms with Crippen molar-refractivity contribution in [2.24, 2.45) is 0 Å². The van der Waals surface area contributed by atoms with Gasteiger partial charge in [-0.05, 0) is 60.5 Å². The smallest absolute Gasteiger partial charge is 0.149 e. The molecule has 5 rings (SSSR count). The molecule has 0 aliphatic carbocycles. The third-order valence-electron chi connectivity index (χ3n) is 5.21. The Bertz CT molecular complexity index is 1180. The van der Waals surface area contributed by atoms with E-state index in [1.807, 2.05) is 23.9 Å². The van der Waals surface area contributed by atoms with E-state index in [2.05, 4.69) is 62.4 Å². The summed E-state index contributed by atoms with van der Waals surface area (Å²) in [6.45, 7) is 4.28. The zero-order valence-electron chi connectivity index (χ0n) is 15.6. The van der Waals surface area contributed by atoms with Gasteiger partial charge in [-0.3, -0.25) is 0 Å².